The first-order valence-corrected chi connectivity index (χ1v) is 3.80. The number of alkyl halides is 3. The van der Waals surface area contributed by atoms with Crippen molar-refractivity contribution >= 4 is 0 Å². The highest BCUT2D eigenvalue weighted by atomic mass is 19.4. The van der Waals surface area contributed by atoms with Gasteiger partial charge in [-0.1, -0.05) is 13.8 Å². The monoisotopic (exact) mass is 190 g/mol. The maximum absolute atomic E-state index is 12.0. The Labute approximate surface area is 73.8 Å². The van der Waals surface area contributed by atoms with Crippen molar-refractivity contribution < 1.29 is 13.2 Å². The first-order chi connectivity index (χ1) is 5.91. The van der Waals surface area contributed by atoms with E-state index in [0.717, 1.165) is 12.4 Å². The van der Waals surface area contributed by atoms with Crippen LogP contribution in [-0.4, -0.2) is 9.97 Å². The molecule has 5 heteroatoms. The normalized spacial score (nSPS) is 12.2. The van der Waals surface area contributed by atoms with Gasteiger partial charge in [-0.15, -0.1) is 0 Å². The van der Waals surface area contributed by atoms with Crippen LogP contribution in [0.5, 0.6) is 0 Å². The van der Waals surface area contributed by atoms with E-state index in [1.165, 1.54) is 0 Å². The van der Waals surface area contributed by atoms with Crippen molar-refractivity contribution in [3.8, 4) is 0 Å². The summed E-state index contributed by atoms with van der Waals surface area (Å²) in [6, 6.07) is 0. The zero-order valence-electron chi connectivity index (χ0n) is 7.26. The van der Waals surface area contributed by atoms with Gasteiger partial charge in [-0.2, -0.15) is 13.2 Å². The second-order valence-corrected chi connectivity index (χ2v) is 2.98. The molecule has 0 unspecified atom stereocenters. The van der Waals surface area contributed by atoms with Gasteiger partial charge in [0.15, 0.2) is 0 Å². The lowest BCUT2D eigenvalue weighted by Gasteiger charge is -2.07. The van der Waals surface area contributed by atoms with Gasteiger partial charge in [-0.05, 0) is 0 Å². The van der Waals surface area contributed by atoms with Crippen LogP contribution >= 0.6 is 0 Å². The Balaban J connectivity index is 2.94. The molecule has 0 spiro atoms. The van der Waals surface area contributed by atoms with Gasteiger partial charge in [0.1, 0.15) is 5.82 Å². The third-order valence-corrected chi connectivity index (χ3v) is 1.52. The van der Waals surface area contributed by atoms with Crippen LogP contribution in [-0.2, 0) is 6.18 Å². The van der Waals surface area contributed by atoms with Gasteiger partial charge in [0.2, 0.25) is 0 Å². The van der Waals surface area contributed by atoms with Crippen LogP contribution in [0.3, 0.4) is 0 Å². The number of nitrogens with zero attached hydrogens (tertiary/aromatic N) is 2. The summed E-state index contributed by atoms with van der Waals surface area (Å²) >= 11 is 0. The van der Waals surface area contributed by atoms with Crippen molar-refractivity contribution in [1.82, 2.24) is 9.97 Å². The van der Waals surface area contributed by atoms with Crippen molar-refractivity contribution in [3.05, 3.63) is 23.8 Å². The Morgan fingerprint density at radius 3 is 1.92 bits per heavy atom. The Kier molecular flexibility index (Phi) is 2.54. The molecule has 0 aliphatic rings. The van der Waals surface area contributed by atoms with E-state index < -0.39 is 11.7 Å². The SMILES string of the molecule is CC(C)c1ncc(C(F)(F)F)cn1. The largest absolute Gasteiger partial charge is 0.419 e. The second kappa shape index (κ2) is 3.32. The molecule has 13 heavy (non-hydrogen) atoms. The van der Waals surface area contributed by atoms with Gasteiger partial charge in [0, 0.05) is 18.3 Å². The highest BCUT2D eigenvalue weighted by Gasteiger charge is 2.31. The maximum Gasteiger partial charge on any atom is 0.419 e. The van der Waals surface area contributed by atoms with Gasteiger partial charge < -0.3 is 0 Å². The summed E-state index contributed by atoms with van der Waals surface area (Å²) < 4.78 is 36.1. The van der Waals surface area contributed by atoms with Gasteiger partial charge in [0.25, 0.3) is 0 Å². The average Bonchev–Trinajstić information content (AvgIpc) is 2.03. The molecule has 1 aromatic rings. The molecule has 0 aliphatic carbocycles. The average molecular weight is 190 g/mol. The summed E-state index contributed by atoms with van der Waals surface area (Å²) in [6.07, 6.45) is -2.74. The van der Waals surface area contributed by atoms with E-state index in [1.807, 2.05) is 13.8 Å². The molecule has 0 bridgehead atoms. The van der Waals surface area contributed by atoms with E-state index in [2.05, 4.69) is 9.97 Å². The predicted octanol–water partition coefficient (Wildman–Crippen LogP) is 2.62. The first-order valence-electron chi connectivity index (χ1n) is 3.80. The number of aromatic nitrogens is 2. The highest BCUT2D eigenvalue weighted by Crippen LogP contribution is 2.28. The fourth-order valence-electron chi connectivity index (χ4n) is 0.783. The van der Waals surface area contributed by atoms with Gasteiger partial charge in [0.05, 0.1) is 5.56 Å². The van der Waals surface area contributed by atoms with Crippen LogP contribution in [0.15, 0.2) is 12.4 Å². The Morgan fingerprint density at radius 1 is 1.15 bits per heavy atom. The lowest BCUT2D eigenvalue weighted by atomic mass is 10.2. The van der Waals surface area contributed by atoms with Crippen LogP contribution in [0.2, 0.25) is 0 Å². The van der Waals surface area contributed by atoms with Crippen molar-refractivity contribution in [2.45, 2.75) is 25.9 Å². The highest BCUT2D eigenvalue weighted by molar-refractivity contribution is 5.10. The minimum absolute atomic E-state index is 0.0438. The molecule has 0 amide bonds. The molecule has 0 fully saturated rings. The smallest absolute Gasteiger partial charge is 0.240 e. The molecule has 0 saturated carbocycles. The van der Waals surface area contributed by atoms with E-state index in [-0.39, 0.29) is 5.92 Å². The molecule has 0 aromatic carbocycles. The minimum Gasteiger partial charge on any atom is -0.240 e. The molecule has 0 radical (unpaired) electrons. The fourth-order valence-corrected chi connectivity index (χ4v) is 0.783. The summed E-state index contributed by atoms with van der Waals surface area (Å²) in [7, 11) is 0. The third kappa shape index (κ3) is 2.40. The van der Waals surface area contributed by atoms with Crippen molar-refractivity contribution in [1.29, 1.82) is 0 Å². The standard InChI is InChI=1S/C8H9F3N2/c1-5(2)7-12-3-6(4-13-7)8(9,10)11/h3-5H,1-2H3. The first kappa shape index (κ1) is 9.95. The molecule has 0 N–H and O–H groups in total. The number of hydrogen-bond donors (Lipinski definition) is 0. The number of hydrogen-bond acceptors (Lipinski definition) is 2. The summed E-state index contributed by atoms with van der Waals surface area (Å²) in [5.41, 5.74) is -0.808. The van der Waals surface area contributed by atoms with Crippen LogP contribution in [0, 0.1) is 0 Å². The molecule has 1 heterocycles. The van der Waals surface area contributed by atoms with E-state index in [9.17, 15) is 13.2 Å². The Morgan fingerprint density at radius 2 is 1.62 bits per heavy atom. The molecule has 1 rings (SSSR count). The quantitative estimate of drug-likeness (QED) is 0.680. The van der Waals surface area contributed by atoms with Crippen LogP contribution < -0.4 is 0 Å². The van der Waals surface area contributed by atoms with Crippen molar-refractivity contribution in [2.24, 2.45) is 0 Å². The molecule has 1 aromatic heterocycles. The summed E-state index contributed by atoms with van der Waals surface area (Å²) in [4.78, 5) is 7.23. The molecular weight excluding hydrogens is 181 g/mol. The van der Waals surface area contributed by atoms with Crippen molar-refractivity contribution in [2.75, 3.05) is 0 Å². The molecule has 72 valence electrons. The van der Waals surface area contributed by atoms with Crippen molar-refractivity contribution in [3.63, 3.8) is 0 Å². The second-order valence-electron chi connectivity index (χ2n) is 2.98. The Bertz CT molecular complexity index is 276. The van der Waals surface area contributed by atoms with Crippen LogP contribution in [0.1, 0.15) is 31.2 Å². The van der Waals surface area contributed by atoms with E-state index in [1.54, 1.807) is 0 Å². The minimum atomic E-state index is -4.35. The lowest BCUT2D eigenvalue weighted by Crippen LogP contribution is -2.08. The summed E-state index contributed by atoms with van der Waals surface area (Å²) in [5.74, 6) is 0.468. The summed E-state index contributed by atoms with van der Waals surface area (Å²) in [6.45, 7) is 3.64. The number of rotatable bonds is 1. The third-order valence-electron chi connectivity index (χ3n) is 1.52. The zero-order valence-corrected chi connectivity index (χ0v) is 7.26. The summed E-state index contributed by atoms with van der Waals surface area (Å²) in [5, 5.41) is 0. The van der Waals surface area contributed by atoms with Crippen LogP contribution in [0.4, 0.5) is 13.2 Å². The Hall–Kier alpha value is -1.13. The molecule has 0 aliphatic heterocycles. The fraction of sp³-hybridized carbons (Fsp3) is 0.500. The lowest BCUT2D eigenvalue weighted by molar-refractivity contribution is -0.138. The van der Waals surface area contributed by atoms with Crippen LogP contribution in [0.25, 0.3) is 0 Å². The van der Waals surface area contributed by atoms with Gasteiger partial charge >= 0.3 is 6.18 Å². The predicted molar refractivity (Wildman–Crippen MR) is 41.1 cm³/mol. The molecule has 0 saturated heterocycles. The number of halogens is 3. The zero-order chi connectivity index (χ0) is 10.1. The molecule has 2 nitrogen and oxygen atoms in total. The van der Waals surface area contributed by atoms with Gasteiger partial charge in [-0.25, -0.2) is 9.97 Å². The van der Waals surface area contributed by atoms with E-state index >= 15 is 0 Å². The topological polar surface area (TPSA) is 25.8 Å². The van der Waals surface area contributed by atoms with E-state index in [0.29, 0.717) is 5.82 Å². The molecular formula is C8H9F3N2. The van der Waals surface area contributed by atoms with E-state index in [4.69, 9.17) is 0 Å². The molecule has 0 atom stereocenters. The maximum atomic E-state index is 12.0. The van der Waals surface area contributed by atoms with Gasteiger partial charge in [-0.3, -0.25) is 0 Å².